The van der Waals surface area contributed by atoms with Gasteiger partial charge in [0, 0.05) is 39.3 Å². The molecule has 1 aliphatic rings. The first-order valence-corrected chi connectivity index (χ1v) is 14.5. The summed E-state index contributed by atoms with van der Waals surface area (Å²) in [6, 6.07) is 46.3. The van der Waals surface area contributed by atoms with E-state index in [1.54, 1.807) is 0 Å². The van der Waals surface area contributed by atoms with Gasteiger partial charge in [0.25, 0.3) is 0 Å². The summed E-state index contributed by atoms with van der Waals surface area (Å²) < 4.78 is 1.29. The average Bonchev–Trinajstić information content (AvgIpc) is 3.40. The van der Waals surface area contributed by atoms with Crippen LogP contribution in [0, 0.1) is 0 Å². The van der Waals surface area contributed by atoms with Gasteiger partial charge in [0.15, 0.2) is 0 Å². The van der Waals surface area contributed by atoms with Crippen LogP contribution in [-0.4, -0.2) is 6.54 Å². The fourth-order valence-corrected chi connectivity index (χ4v) is 7.02. The van der Waals surface area contributed by atoms with Crippen molar-refractivity contribution in [1.82, 2.24) is 0 Å². The van der Waals surface area contributed by atoms with E-state index in [1.165, 1.54) is 53.3 Å². The third-order valence-electron chi connectivity index (χ3n) is 7.85. The van der Waals surface area contributed by atoms with Crippen molar-refractivity contribution >= 4 is 71.1 Å². The quantitative estimate of drug-likeness (QED) is 0.228. The summed E-state index contributed by atoms with van der Waals surface area (Å²) in [5.41, 5.74) is 7.18. The van der Waals surface area contributed by atoms with Crippen LogP contribution in [0.5, 0.6) is 0 Å². The molecule has 1 aromatic heterocycles. The molecule has 6 aromatic carbocycles. The van der Waals surface area contributed by atoms with Crippen LogP contribution in [0.15, 0.2) is 133 Å². The third-order valence-corrected chi connectivity index (χ3v) is 8.98. The lowest BCUT2D eigenvalue weighted by atomic mass is 10.0. The van der Waals surface area contributed by atoms with Crippen molar-refractivity contribution in [1.29, 1.82) is 0 Å². The number of thiophene rings is 1. The molecule has 0 radical (unpaired) electrons. The molecule has 0 spiro atoms. The zero-order valence-corrected chi connectivity index (χ0v) is 22.7. The van der Waals surface area contributed by atoms with Gasteiger partial charge in [-0.3, -0.25) is 0 Å². The van der Waals surface area contributed by atoms with Crippen molar-refractivity contribution in [2.24, 2.45) is 0 Å². The lowest BCUT2D eigenvalue weighted by molar-refractivity contribution is 1.30. The molecular formula is C37H26N2S. The van der Waals surface area contributed by atoms with Gasteiger partial charge >= 0.3 is 0 Å². The molecule has 3 heteroatoms. The molecule has 40 heavy (non-hydrogen) atoms. The number of nitrogens with one attached hydrogen (secondary N) is 1. The Morgan fingerprint density at radius 2 is 1.23 bits per heavy atom. The second kappa shape index (κ2) is 9.41. The summed E-state index contributed by atoms with van der Waals surface area (Å²) >= 11 is 1.84. The van der Waals surface area contributed by atoms with Crippen LogP contribution in [-0.2, 0) is 0 Å². The van der Waals surface area contributed by atoms with E-state index in [1.807, 2.05) is 11.3 Å². The first kappa shape index (κ1) is 23.1. The van der Waals surface area contributed by atoms with Crippen LogP contribution in [0.2, 0.25) is 0 Å². The smallest absolute Gasteiger partial charge is 0.0971 e. The highest BCUT2D eigenvalue weighted by molar-refractivity contribution is 7.23. The third kappa shape index (κ3) is 3.86. The average molecular weight is 531 g/mol. The summed E-state index contributed by atoms with van der Waals surface area (Å²) in [7, 11) is 0. The van der Waals surface area contributed by atoms with Gasteiger partial charge in [0.2, 0.25) is 0 Å². The number of nitrogens with zero attached hydrogens (tertiary/aromatic N) is 1. The Morgan fingerprint density at radius 1 is 0.550 bits per heavy atom. The molecule has 1 N–H and O–H groups in total. The SMILES string of the molecule is C1=Cc2c(sc3cc(N(c4ccc(-c5ccccc5)cc4)c4ccc5c(ccc6ccccc65)c4)ccc23)NC1. The molecular weight excluding hydrogens is 504 g/mol. The summed E-state index contributed by atoms with van der Waals surface area (Å²) in [5.74, 6) is 0. The van der Waals surface area contributed by atoms with Crippen LogP contribution in [0.25, 0.3) is 48.8 Å². The molecule has 7 aromatic rings. The second-order valence-corrected chi connectivity index (χ2v) is 11.3. The van der Waals surface area contributed by atoms with Gasteiger partial charge in [-0.2, -0.15) is 0 Å². The first-order valence-electron chi connectivity index (χ1n) is 13.7. The predicted molar refractivity (Wildman–Crippen MR) is 174 cm³/mol. The summed E-state index contributed by atoms with van der Waals surface area (Å²) in [4.78, 5) is 2.38. The largest absolute Gasteiger partial charge is 0.373 e. The highest BCUT2D eigenvalue weighted by Crippen LogP contribution is 2.43. The molecule has 0 amide bonds. The minimum atomic E-state index is 0.887. The van der Waals surface area contributed by atoms with Crippen molar-refractivity contribution in [2.45, 2.75) is 0 Å². The Hall–Kier alpha value is -4.86. The predicted octanol–water partition coefficient (Wildman–Crippen LogP) is 10.8. The van der Waals surface area contributed by atoms with Crippen LogP contribution in [0.4, 0.5) is 22.1 Å². The molecule has 1 aliphatic heterocycles. The first-order chi connectivity index (χ1) is 19.8. The normalized spacial score (nSPS) is 12.5. The molecule has 190 valence electrons. The molecule has 0 bridgehead atoms. The number of anilines is 4. The minimum absolute atomic E-state index is 0.887. The number of hydrogen-bond donors (Lipinski definition) is 1. The number of hydrogen-bond acceptors (Lipinski definition) is 3. The maximum Gasteiger partial charge on any atom is 0.0971 e. The van der Waals surface area contributed by atoms with Crippen LogP contribution >= 0.6 is 11.3 Å². The highest BCUT2D eigenvalue weighted by Gasteiger charge is 2.18. The lowest BCUT2D eigenvalue weighted by Gasteiger charge is -2.26. The maximum atomic E-state index is 3.54. The Kier molecular flexibility index (Phi) is 5.42. The molecule has 0 fully saturated rings. The number of benzene rings is 6. The Bertz CT molecular complexity index is 2050. The number of rotatable bonds is 4. The van der Waals surface area contributed by atoms with E-state index >= 15 is 0 Å². The molecule has 0 unspecified atom stereocenters. The minimum Gasteiger partial charge on any atom is -0.373 e. The van der Waals surface area contributed by atoms with Gasteiger partial charge in [0.1, 0.15) is 0 Å². The fraction of sp³-hybridized carbons (Fsp3) is 0.0270. The van der Waals surface area contributed by atoms with Crippen molar-refractivity contribution in [2.75, 3.05) is 16.8 Å². The Balaban J connectivity index is 1.29. The molecule has 0 aliphatic carbocycles. The van der Waals surface area contributed by atoms with E-state index in [4.69, 9.17) is 0 Å². The summed E-state index contributed by atoms with van der Waals surface area (Å²) in [6.45, 7) is 0.887. The fourth-order valence-electron chi connectivity index (χ4n) is 5.89. The monoisotopic (exact) mass is 530 g/mol. The standard InChI is InChI=1S/C37H26N2S/c1-2-7-25(8-3-1)26-14-16-29(17-15-26)39(31-19-21-34-35-11-6-22-38-37(35)40-36(34)24-31)30-18-20-33-28(23-30)13-12-27-9-4-5-10-32(27)33/h1-21,23-24,38H,22H2. The molecule has 2 nitrogen and oxygen atoms in total. The Morgan fingerprint density at radius 3 is 2.10 bits per heavy atom. The van der Waals surface area contributed by atoms with E-state index in [0.29, 0.717) is 0 Å². The van der Waals surface area contributed by atoms with Crippen molar-refractivity contribution in [3.63, 3.8) is 0 Å². The topological polar surface area (TPSA) is 15.3 Å². The van der Waals surface area contributed by atoms with Crippen molar-refractivity contribution in [3.8, 4) is 11.1 Å². The van der Waals surface area contributed by atoms with Gasteiger partial charge in [-0.15, -0.1) is 11.3 Å². The van der Waals surface area contributed by atoms with Crippen LogP contribution in [0.1, 0.15) is 5.56 Å². The summed E-state index contributed by atoms with van der Waals surface area (Å²) in [5, 5.41) is 11.2. The van der Waals surface area contributed by atoms with E-state index in [-0.39, 0.29) is 0 Å². The van der Waals surface area contributed by atoms with Gasteiger partial charge in [-0.05, 0) is 69.1 Å². The second-order valence-electron chi connectivity index (χ2n) is 10.2. The maximum absolute atomic E-state index is 3.54. The van der Waals surface area contributed by atoms with E-state index in [9.17, 15) is 0 Å². The van der Waals surface area contributed by atoms with Gasteiger partial charge in [-0.25, -0.2) is 0 Å². The van der Waals surface area contributed by atoms with E-state index in [0.717, 1.165) is 23.6 Å². The van der Waals surface area contributed by atoms with Crippen LogP contribution < -0.4 is 10.2 Å². The zero-order chi connectivity index (χ0) is 26.5. The molecule has 0 saturated carbocycles. The van der Waals surface area contributed by atoms with Gasteiger partial charge in [-0.1, -0.05) is 103 Å². The van der Waals surface area contributed by atoms with Crippen molar-refractivity contribution < 1.29 is 0 Å². The lowest BCUT2D eigenvalue weighted by Crippen LogP contribution is -2.09. The Labute approximate surface area is 237 Å². The van der Waals surface area contributed by atoms with E-state index in [2.05, 4.69) is 150 Å². The zero-order valence-electron chi connectivity index (χ0n) is 21.8. The van der Waals surface area contributed by atoms with Crippen LogP contribution in [0.3, 0.4) is 0 Å². The molecule has 0 atom stereocenters. The molecule has 2 heterocycles. The van der Waals surface area contributed by atoms with Gasteiger partial charge < -0.3 is 10.2 Å². The summed E-state index contributed by atoms with van der Waals surface area (Å²) in [6.07, 6.45) is 4.44. The number of fused-ring (bicyclic) bond motifs is 6. The van der Waals surface area contributed by atoms with E-state index < -0.39 is 0 Å². The van der Waals surface area contributed by atoms with Gasteiger partial charge in [0.05, 0.1) is 5.00 Å². The van der Waals surface area contributed by atoms with Crippen molar-refractivity contribution in [3.05, 3.63) is 139 Å². The molecule has 0 saturated heterocycles. The highest BCUT2D eigenvalue weighted by atomic mass is 32.1. The molecule has 8 rings (SSSR count).